The number of esters is 1. The number of tetrazole rings is 1. The lowest BCUT2D eigenvalue weighted by Gasteiger charge is -2.01. The molecule has 0 fully saturated rings. The second kappa shape index (κ2) is 6.31. The highest BCUT2D eigenvalue weighted by atomic mass is 16.5. The van der Waals surface area contributed by atoms with Crippen LogP contribution in [0.3, 0.4) is 0 Å². The van der Waals surface area contributed by atoms with E-state index in [0.29, 0.717) is 11.4 Å². The van der Waals surface area contributed by atoms with Crippen molar-refractivity contribution < 1.29 is 9.53 Å². The zero-order valence-electron chi connectivity index (χ0n) is 10.4. The van der Waals surface area contributed by atoms with E-state index in [1.807, 2.05) is 6.92 Å². The summed E-state index contributed by atoms with van der Waals surface area (Å²) < 4.78 is 5.00. The molecule has 1 aromatic heterocycles. The Balaban J connectivity index is 2.00. The highest BCUT2D eigenvalue weighted by Crippen LogP contribution is 2.14. The van der Waals surface area contributed by atoms with Crippen molar-refractivity contribution in [3.05, 3.63) is 29.8 Å². The molecule has 19 heavy (non-hydrogen) atoms. The van der Waals surface area contributed by atoms with Crippen molar-refractivity contribution in [3.63, 3.8) is 0 Å². The lowest BCUT2D eigenvalue weighted by molar-refractivity contribution is 0.0556. The van der Waals surface area contributed by atoms with Crippen LogP contribution in [0.2, 0.25) is 0 Å². The zero-order chi connectivity index (χ0) is 13.5. The first-order valence-electron chi connectivity index (χ1n) is 5.78. The molecule has 1 aromatic carbocycles. The van der Waals surface area contributed by atoms with Gasteiger partial charge in [-0.15, -0.1) is 16.1 Å². The van der Waals surface area contributed by atoms with E-state index in [4.69, 9.17) is 4.74 Å². The fourth-order valence-corrected chi connectivity index (χ4v) is 1.40. The van der Waals surface area contributed by atoms with Gasteiger partial charge in [0, 0.05) is 12.0 Å². The molecule has 0 radical (unpaired) electrons. The Morgan fingerprint density at radius 2 is 2.11 bits per heavy atom. The van der Waals surface area contributed by atoms with Crippen LogP contribution in [-0.2, 0) is 4.74 Å². The number of nitrogens with one attached hydrogen (secondary N) is 1. The van der Waals surface area contributed by atoms with Gasteiger partial charge >= 0.3 is 5.97 Å². The molecule has 6 nitrogen and oxygen atoms in total. The Morgan fingerprint density at radius 1 is 1.32 bits per heavy atom. The van der Waals surface area contributed by atoms with Gasteiger partial charge in [0.25, 0.3) is 0 Å². The van der Waals surface area contributed by atoms with E-state index >= 15 is 0 Å². The number of rotatable bonds is 3. The lowest BCUT2D eigenvalue weighted by Crippen LogP contribution is -2.05. The van der Waals surface area contributed by atoms with E-state index in [1.165, 1.54) is 0 Å². The van der Waals surface area contributed by atoms with Crippen molar-refractivity contribution in [2.45, 2.75) is 13.3 Å². The maximum atomic E-state index is 11.7. The SMILES string of the molecule is CCC#CCOC(=O)c1ccc(-c2nn[nH]n2)cc1. The molecule has 0 unspecified atom stereocenters. The maximum Gasteiger partial charge on any atom is 0.339 e. The van der Waals surface area contributed by atoms with Gasteiger partial charge in [0.05, 0.1) is 5.56 Å². The van der Waals surface area contributed by atoms with Gasteiger partial charge in [0.15, 0.2) is 6.61 Å². The quantitative estimate of drug-likeness (QED) is 0.663. The molecule has 0 aliphatic rings. The number of ether oxygens (including phenoxy) is 1. The average molecular weight is 256 g/mol. The second-order valence-electron chi connectivity index (χ2n) is 3.60. The van der Waals surface area contributed by atoms with Crippen molar-refractivity contribution in [1.29, 1.82) is 0 Å². The highest BCUT2D eigenvalue weighted by Gasteiger charge is 2.08. The molecule has 0 bridgehead atoms. The van der Waals surface area contributed by atoms with Gasteiger partial charge in [0.1, 0.15) is 0 Å². The molecule has 0 saturated heterocycles. The summed E-state index contributed by atoms with van der Waals surface area (Å²) in [4.78, 5) is 11.7. The number of carbonyl (C=O) groups is 1. The van der Waals surface area contributed by atoms with Gasteiger partial charge in [0.2, 0.25) is 5.82 Å². The number of aromatic amines is 1. The highest BCUT2D eigenvalue weighted by molar-refractivity contribution is 5.90. The molecule has 0 saturated carbocycles. The Morgan fingerprint density at radius 3 is 2.74 bits per heavy atom. The summed E-state index contributed by atoms with van der Waals surface area (Å²) in [6.07, 6.45) is 0.747. The minimum absolute atomic E-state index is 0.110. The van der Waals surface area contributed by atoms with Gasteiger partial charge in [-0.2, -0.15) is 5.21 Å². The van der Waals surface area contributed by atoms with Gasteiger partial charge in [-0.05, 0) is 17.3 Å². The van der Waals surface area contributed by atoms with Crippen LogP contribution >= 0.6 is 0 Å². The maximum absolute atomic E-state index is 11.7. The monoisotopic (exact) mass is 256 g/mol. The second-order valence-corrected chi connectivity index (χ2v) is 3.60. The minimum Gasteiger partial charge on any atom is -0.449 e. The Hall–Kier alpha value is -2.68. The van der Waals surface area contributed by atoms with E-state index < -0.39 is 5.97 Å². The molecule has 0 amide bonds. The van der Waals surface area contributed by atoms with Crippen LogP contribution in [0, 0.1) is 11.8 Å². The molecule has 6 heteroatoms. The number of hydrogen-bond acceptors (Lipinski definition) is 5. The van der Waals surface area contributed by atoms with Crippen molar-refractivity contribution in [2.24, 2.45) is 0 Å². The Labute approximate surface area is 110 Å². The van der Waals surface area contributed by atoms with Gasteiger partial charge in [-0.1, -0.05) is 25.0 Å². The number of carbonyl (C=O) groups excluding carboxylic acids is 1. The summed E-state index contributed by atoms with van der Waals surface area (Å²) in [5.41, 5.74) is 1.24. The Kier molecular flexibility index (Phi) is 4.24. The third kappa shape index (κ3) is 3.39. The summed E-state index contributed by atoms with van der Waals surface area (Å²) in [6.45, 7) is 2.05. The van der Waals surface area contributed by atoms with Crippen molar-refractivity contribution in [2.75, 3.05) is 6.61 Å². The molecule has 2 aromatic rings. The van der Waals surface area contributed by atoms with E-state index in [9.17, 15) is 4.79 Å². The van der Waals surface area contributed by atoms with E-state index in [1.54, 1.807) is 24.3 Å². The third-order valence-corrected chi connectivity index (χ3v) is 2.30. The first-order valence-corrected chi connectivity index (χ1v) is 5.78. The number of hydrogen-bond donors (Lipinski definition) is 1. The number of nitrogens with zero attached hydrogens (tertiary/aromatic N) is 3. The molecular weight excluding hydrogens is 244 g/mol. The lowest BCUT2D eigenvalue weighted by atomic mass is 10.1. The average Bonchev–Trinajstić information content (AvgIpc) is 2.98. The molecule has 1 N–H and O–H groups in total. The van der Waals surface area contributed by atoms with Crippen molar-refractivity contribution in [1.82, 2.24) is 20.6 Å². The minimum atomic E-state index is -0.398. The zero-order valence-corrected chi connectivity index (χ0v) is 10.4. The fourth-order valence-electron chi connectivity index (χ4n) is 1.40. The predicted molar refractivity (Wildman–Crippen MR) is 68.0 cm³/mol. The van der Waals surface area contributed by atoms with Crippen LogP contribution in [0.5, 0.6) is 0 Å². The predicted octanol–water partition coefficient (Wildman–Crippen LogP) is 1.44. The van der Waals surface area contributed by atoms with E-state index in [2.05, 4.69) is 32.5 Å². The van der Waals surface area contributed by atoms with Crippen molar-refractivity contribution in [3.8, 4) is 23.2 Å². The summed E-state index contributed by atoms with van der Waals surface area (Å²) in [5.74, 6) is 5.65. The molecule has 1 heterocycles. The first kappa shape index (κ1) is 12.8. The molecule has 0 atom stereocenters. The summed E-state index contributed by atoms with van der Waals surface area (Å²) >= 11 is 0. The third-order valence-electron chi connectivity index (χ3n) is 2.30. The Bertz CT molecular complexity index is 594. The fraction of sp³-hybridized carbons (Fsp3) is 0.231. The van der Waals surface area contributed by atoms with Gasteiger partial charge < -0.3 is 4.74 Å². The molecule has 0 spiro atoms. The van der Waals surface area contributed by atoms with Crippen LogP contribution < -0.4 is 0 Å². The first-order chi connectivity index (χ1) is 9.31. The number of aromatic nitrogens is 4. The van der Waals surface area contributed by atoms with Gasteiger partial charge in [-0.25, -0.2) is 4.79 Å². The van der Waals surface area contributed by atoms with Crippen LogP contribution in [0.15, 0.2) is 24.3 Å². The van der Waals surface area contributed by atoms with Crippen LogP contribution in [-0.4, -0.2) is 33.2 Å². The number of benzene rings is 1. The molecule has 0 aliphatic heterocycles. The standard InChI is InChI=1S/C13H12N4O2/c1-2-3-4-9-19-13(18)11-7-5-10(6-8-11)12-14-16-17-15-12/h5-8H,2,9H2,1H3,(H,14,15,16,17). The largest absolute Gasteiger partial charge is 0.449 e. The molecule has 96 valence electrons. The van der Waals surface area contributed by atoms with Crippen LogP contribution in [0.25, 0.3) is 11.4 Å². The van der Waals surface area contributed by atoms with Crippen molar-refractivity contribution >= 4 is 5.97 Å². The van der Waals surface area contributed by atoms with E-state index in [-0.39, 0.29) is 6.61 Å². The molecular formula is C13H12N4O2. The smallest absolute Gasteiger partial charge is 0.339 e. The summed E-state index contributed by atoms with van der Waals surface area (Å²) in [5, 5.41) is 13.5. The van der Waals surface area contributed by atoms with Gasteiger partial charge in [-0.3, -0.25) is 0 Å². The molecule has 2 rings (SSSR count). The normalized spacial score (nSPS) is 9.53. The summed E-state index contributed by atoms with van der Waals surface area (Å²) in [7, 11) is 0. The van der Waals surface area contributed by atoms with Crippen LogP contribution in [0.1, 0.15) is 23.7 Å². The number of H-pyrrole nitrogens is 1. The topological polar surface area (TPSA) is 80.8 Å². The summed E-state index contributed by atoms with van der Waals surface area (Å²) in [6, 6.07) is 6.78. The van der Waals surface area contributed by atoms with Crippen LogP contribution in [0.4, 0.5) is 0 Å². The van der Waals surface area contributed by atoms with E-state index in [0.717, 1.165) is 12.0 Å². The molecule has 0 aliphatic carbocycles.